The molecule has 0 bridgehead atoms. The zero-order valence-electron chi connectivity index (χ0n) is 16.4. The number of hydrogen-bond donors (Lipinski definition) is 0. The van der Waals surface area contributed by atoms with E-state index in [1.807, 2.05) is 42.4 Å². The first-order chi connectivity index (χ1) is 13.4. The Morgan fingerprint density at radius 2 is 2.04 bits per heavy atom. The summed E-state index contributed by atoms with van der Waals surface area (Å²) in [6.45, 7) is 4.72. The number of aryl methyl sites for hydroxylation is 1. The van der Waals surface area contributed by atoms with Gasteiger partial charge in [0, 0.05) is 48.3 Å². The van der Waals surface area contributed by atoms with Gasteiger partial charge in [0.2, 0.25) is 0 Å². The van der Waals surface area contributed by atoms with Gasteiger partial charge in [-0.1, -0.05) is 11.6 Å². The maximum absolute atomic E-state index is 13.6. The SMILES string of the molecule is CC1CN(C)CCCN1C(=O)c1cc(-c2cnn(C)c2)nc2ccc(Cl)cc12. The van der Waals surface area contributed by atoms with E-state index < -0.39 is 0 Å². The molecule has 6 nitrogen and oxygen atoms in total. The number of halogens is 1. The van der Waals surface area contributed by atoms with Crippen LogP contribution in [-0.2, 0) is 7.05 Å². The van der Waals surface area contributed by atoms with Crippen LogP contribution in [0, 0.1) is 0 Å². The maximum Gasteiger partial charge on any atom is 0.254 e. The normalized spacial score (nSPS) is 18.4. The Bertz CT molecular complexity index is 1030. The minimum atomic E-state index is 0.0302. The molecule has 7 heteroatoms. The molecule has 1 fully saturated rings. The van der Waals surface area contributed by atoms with Gasteiger partial charge in [0.1, 0.15) is 0 Å². The summed E-state index contributed by atoms with van der Waals surface area (Å²) in [5, 5.41) is 5.62. The summed E-state index contributed by atoms with van der Waals surface area (Å²) in [5.74, 6) is 0.0302. The summed E-state index contributed by atoms with van der Waals surface area (Å²) in [5.41, 5.74) is 3.03. The second-order valence-electron chi connectivity index (χ2n) is 7.58. The maximum atomic E-state index is 13.6. The number of likely N-dealkylation sites (N-methyl/N-ethyl adjacent to an activating group) is 1. The highest BCUT2D eigenvalue weighted by Crippen LogP contribution is 2.28. The molecular weight excluding hydrogens is 374 g/mol. The molecule has 1 aliphatic heterocycles. The van der Waals surface area contributed by atoms with Gasteiger partial charge < -0.3 is 9.80 Å². The van der Waals surface area contributed by atoms with Crippen molar-refractivity contribution < 1.29 is 4.79 Å². The Hall–Kier alpha value is -2.44. The van der Waals surface area contributed by atoms with Crippen LogP contribution >= 0.6 is 11.6 Å². The fourth-order valence-corrected chi connectivity index (χ4v) is 4.08. The average molecular weight is 398 g/mol. The molecule has 1 aliphatic rings. The number of benzene rings is 1. The predicted octanol–water partition coefficient (Wildman–Crippen LogP) is 3.45. The Morgan fingerprint density at radius 1 is 1.21 bits per heavy atom. The Labute approximate surface area is 169 Å². The molecule has 1 aromatic carbocycles. The van der Waals surface area contributed by atoms with E-state index in [1.54, 1.807) is 10.9 Å². The van der Waals surface area contributed by atoms with Gasteiger partial charge in [0.25, 0.3) is 5.91 Å². The lowest BCUT2D eigenvalue weighted by molar-refractivity contribution is 0.0698. The van der Waals surface area contributed by atoms with Crippen molar-refractivity contribution in [3.8, 4) is 11.3 Å². The molecule has 146 valence electrons. The average Bonchev–Trinajstić information content (AvgIpc) is 3.02. The van der Waals surface area contributed by atoms with E-state index in [-0.39, 0.29) is 11.9 Å². The van der Waals surface area contributed by atoms with E-state index in [4.69, 9.17) is 16.6 Å². The van der Waals surface area contributed by atoms with Gasteiger partial charge in [0.15, 0.2) is 0 Å². The number of amides is 1. The first-order valence-corrected chi connectivity index (χ1v) is 9.89. The van der Waals surface area contributed by atoms with E-state index in [0.717, 1.165) is 48.2 Å². The number of fused-ring (bicyclic) bond motifs is 1. The van der Waals surface area contributed by atoms with Crippen molar-refractivity contribution in [1.29, 1.82) is 0 Å². The van der Waals surface area contributed by atoms with Crippen molar-refractivity contribution in [2.75, 3.05) is 26.7 Å². The minimum absolute atomic E-state index is 0.0302. The van der Waals surface area contributed by atoms with Gasteiger partial charge in [-0.3, -0.25) is 9.48 Å². The Morgan fingerprint density at radius 3 is 2.79 bits per heavy atom. The monoisotopic (exact) mass is 397 g/mol. The van der Waals surface area contributed by atoms with Crippen LogP contribution < -0.4 is 0 Å². The Balaban J connectivity index is 1.84. The van der Waals surface area contributed by atoms with Gasteiger partial charge in [-0.25, -0.2) is 4.98 Å². The van der Waals surface area contributed by atoms with Gasteiger partial charge in [-0.05, 0) is 51.2 Å². The number of pyridine rings is 1. The van der Waals surface area contributed by atoms with Crippen molar-refractivity contribution in [2.24, 2.45) is 7.05 Å². The van der Waals surface area contributed by atoms with Crippen molar-refractivity contribution in [1.82, 2.24) is 24.6 Å². The van der Waals surface area contributed by atoms with Crippen LogP contribution in [0.5, 0.6) is 0 Å². The van der Waals surface area contributed by atoms with Gasteiger partial charge in [-0.2, -0.15) is 5.10 Å². The molecular formula is C21H24ClN5O. The molecule has 0 saturated carbocycles. The standard InChI is InChI=1S/C21H24ClN5O/c1-14-12-25(2)7-4-8-27(14)21(28)18-10-20(15-11-23-26(3)13-15)24-19-6-5-16(22)9-17(18)19/h5-6,9-11,13-14H,4,7-8,12H2,1-3H3. The summed E-state index contributed by atoms with van der Waals surface area (Å²) in [6.07, 6.45) is 4.63. The highest BCUT2D eigenvalue weighted by Gasteiger charge is 2.27. The molecule has 28 heavy (non-hydrogen) atoms. The number of carbonyl (C=O) groups is 1. The first-order valence-electron chi connectivity index (χ1n) is 9.51. The van der Waals surface area contributed by atoms with Crippen molar-refractivity contribution in [2.45, 2.75) is 19.4 Å². The number of nitrogens with zero attached hydrogens (tertiary/aromatic N) is 5. The molecule has 0 radical (unpaired) electrons. The minimum Gasteiger partial charge on any atom is -0.335 e. The number of hydrogen-bond acceptors (Lipinski definition) is 4. The van der Waals surface area contributed by atoms with Crippen LogP contribution in [0.1, 0.15) is 23.7 Å². The van der Waals surface area contributed by atoms with E-state index in [2.05, 4.69) is 24.0 Å². The van der Waals surface area contributed by atoms with Crippen LogP contribution in [-0.4, -0.2) is 63.2 Å². The van der Waals surface area contributed by atoms with Crippen molar-refractivity contribution >= 4 is 28.4 Å². The van der Waals surface area contributed by atoms with Crippen LogP contribution in [0.4, 0.5) is 0 Å². The van der Waals surface area contributed by atoms with Crippen molar-refractivity contribution in [3.05, 3.63) is 47.2 Å². The molecule has 1 unspecified atom stereocenters. The summed E-state index contributed by atoms with van der Waals surface area (Å²) < 4.78 is 1.73. The van der Waals surface area contributed by atoms with Gasteiger partial charge in [0.05, 0.1) is 23.0 Å². The van der Waals surface area contributed by atoms with Crippen molar-refractivity contribution in [3.63, 3.8) is 0 Å². The predicted molar refractivity (Wildman–Crippen MR) is 112 cm³/mol. The zero-order chi connectivity index (χ0) is 19.8. The molecule has 3 heterocycles. The van der Waals surface area contributed by atoms with Gasteiger partial charge >= 0.3 is 0 Å². The van der Waals surface area contributed by atoms with Crippen LogP contribution in [0.25, 0.3) is 22.2 Å². The topological polar surface area (TPSA) is 54.3 Å². The summed E-state index contributed by atoms with van der Waals surface area (Å²) in [4.78, 5) is 22.6. The lowest BCUT2D eigenvalue weighted by Gasteiger charge is -2.28. The highest BCUT2D eigenvalue weighted by molar-refractivity contribution is 6.31. The summed E-state index contributed by atoms with van der Waals surface area (Å²) >= 11 is 6.24. The lowest BCUT2D eigenvalue weighted by atomic mass is 10.0. The molecule has 0 spiro atoms. The molecule has 1 atom stereocenters. The third kappa shape index (κ3) is 3.62. The van der Waals surface area contributed by atoms with Gasteiger partial charge in [-0.15, -0.1) is 0 Å². The second-order valence-corrected chi connectivity index (χ2v) is 8.02. The molecule has 4 rings (SSSR count). The smallest absolute Gasteiger partial charge is 0.254 e. The number of rotatable bonds is 2. The van der Waals surface area contributed by atoms with E-state index in [1.165, 1.54) is 0 Å². The van der Waals surface area contributed by atoms with Crippen LogP contribution in [0.2, 0.25) is 5.02 Å². The largest absolute Gasteiger partial charge is 0.335 e. The fraction of sp³-hybridized carbons (Fsp3) is 0.381. The van der Waals surface area contributed by atoms with Crippen LogP contribution in [0.3, 0.4) is 0 Å². The molecule has 2 aromatic heterocycles. The molecule has 0 N–H and O–H groups in total. The zero-order valence-corrected chi connectivity index (χ0v) is 17.1. The van der Waals surface area contributed by atoms with Crippen LogP contribution in [0.15, 0.2) is 36.7 Å². The first kappa shape index (κ1) is 18.9. The Kier molecular flexibility index (Phi) is 5.08. The fourth-order valence-electron chi connectivity index (χ4n) is 3.91. The molecule has 0 aliphatic carbocycles. The summed E-state index contributed by atoms with van der Waals surface area (Å²) in [7, 11) is 3.97. The second kappa shape index (κ2) is 7.53. The lowest BCUT2D eigenvalue weighted by Crippen LogP contribution is -2.42. The summed E-state index contributed by atoms with van der Waals surface area (Å²) in [6, 6.07) is 7.53. The molecule has 1 saturated heterocycles. The highest BCUT2D eigenvalue weighted by atomic mass is 35.5. The third-order valence-electron chi connectivity index (χ3n) is 5.31. The number of carbonyl (C=O) groups excluding carboxylic acids is 1. The quantitative estimate of drug-likeness (QED) is 0.664. The van der Waals surface area contributed by atoms with E-state index >= 15 is 0 Å². The molecule has 1 amide bonds. The third-order valence-corrected chi connectivity index (χ3v) is 5.54. The number of aromatic nitrogens is 3. The van der Waals surface area contributed by atoms with E-state index in [9.17, 15) is 4.79 Å². The van der Waals surface area contributed by atoms with E-state index in [0.29, 0.717) is 10.6 Å². The molecule has 3 aromatic rings.